The number of rotatable bonds is 5. The molecule has 0 unspecified atom stereocenters. The van der Waals surface area contributed by atoms with Crippen molar-refractivity contribution < 1.29 is 9.18 Å². The highest BCUT2D eigenvalue weighted by Crippen LogP contribution is 2.23. The monoisotopic (exact) mass is 363 g/mol. The Hall–Kier alpha value is -2.45. The summed E-state index contributed by atoms with van der Waals surface area (Å²) in [5.41, 5.74) is 0.0491. The van der Waals surface area contributed by atoms with Crippen molar-refractivity contribution in [2.45, 2.75) is 5.03 Å². The van der Waals surface area contributed by atoms with Gasteiger partial charge in [0.2, 0.25) is 5.91 Å². The van der Waals surface area contributed by atoms with Crippen molar-refractivity contribution in [2.75, 3.05) is 11.1 Å². The molecule has 122 valence electrons. The number of halogens is 2. The van der Waals surface area contributed by atoms with Gasteiger partial charge in [0.15, 0.2) is 11.6 Å². The molecule has 0 saturated heterocycles. The third-order valence-corrected chi connectivity index (χ3v) is 4.16. The molecule has 0 saturated carbocycles. The van der Waals surface area contributed by atoms with E-state index in [4.69, 9.17) is 11.6 Å². The molecule has 0 fully saturated rings. The maximum Gasteiger partial charge on any atom is 0.234 e. The van der Waals surface area contributed by atoms with Crippen molar-refractivity contribution in [1.29, 1.82) is 0 Å². The highest BCUT2D eigenvalue weighted by molar-refractivity contribution is 7.99. The molecule has 0 aliphatic heterocycles. The van der Waals surface area contributed by atoms with Crippen molar-refractivity contribution in [3.8, 4) is 5.82 Å². The average molecular weight is 364 g/mol. The van der Waals surface area contributed by atoms with E-state index in [9.17, 15) is 9.18 Å². The number of amides is 1. The normalized spacial score (nSPS) is 10.6. The van der Waals surface area contributed by atoms with Crippen LogP contribution in [0.1, 0.15) is 0 Å². The van der Waals surface area contributed by atoms with Gasteiger partial charge in [0.25, 0.3) is 0 Å². The van der Waals surface area contributed by atoms with Crippen LogP contribution in [0.25, 0.3) is 5.82 Å². The van der Waals surface area contributed by atoms with Gasteiger partial charge < -0.3 is 5.32 Å². The van der Waals surface area contributed by atoms with E-state index in [0.29, 0.717) is 10.8 Å². The van der Waals surface area contributed by atoms with Crippen LogP contribution in [-0.4, -0.2) is 31.4 Å². The lowest BCUT2D eigenvalue weighted by Crippen LogP contribution is -2.15. The minimum absolute atomic E-state index is 0.0416. The molecule has 1 aromatic carbocycles. The van der Waals surface area contributed by atoms with Gasteiger partial charge in [-0.15, -0.1) is 0 Å². The second-order valence-electron chi connectivity index (χ2n) is 4.60. The van der Waals surface area contributed by atoms with E-state index in [1.54, 1.807) is 35.3 Å². The lowest BCUT2D eigenvalue weighted by Gasteiger charge is -2.07. The fraction of sp³-hybridized carbons (Fsp3) is 0.0667. The minimum Gasteiger partial charge on any atom is -0.323 e. The first-order chi connectivity index (χ1) is 11.6. The summed E-state index contributed by atoms with van der Waals surface area (Å²) in [6.07, 6.45) is 4.79. The number of hydrogen-bond acceptors (Lipinski definition) is 5. The van der Waals surface area contributed by atoms with Gasteiger partial charge in [0, 0.05) is 18.5 Å². The fourth-order valence-electron chi connectivity index (χ4n) is 1.86. The zero-order valence-electron chi connectivity index (χ0n) is 12.2. The molecular weight excluding hydrogens is 353 g/mol. The van der Waals surface area contributed by atoms with Crippen molar-refractivity contribution in [1.82, 2.24) is 19.7 Å². The smallest absolute Gasteiger partial charge is 0.234 e. The number of aromatic nitrogens is 4. The van der Waals surface area contributed by atoms with Crippen LogP contribution < -0.4 is 5.32 Å². The Bertz CT molecular complexity index is 859. The lowest BCUT2D eigenvalue weighted by atomic mass is 10.3. The highest BCUT2D eigenvalue weighted by atomic mass is 35.5. The van der Waals surface area contributed by atoms with Crippen molar-refractivity contribution in [2.24, 2.45) is 0 Å². The number of anilines is 1. The highest BCUT2D eigenvalue weighted by Gasteiger charge is 2.11. The van der Waals surface area contributed by atoms with Crippen molar-refractivity contribution >= 4 is 35.0 Å². The average Bonchev–Trinajstić information content (AvgIpc) is 3.12. The summed E-state index contributed by atoms with van der Waals surface area (Å²) in [6.45, 7) is 0. The van der Waals surface area contributed by atoms with Gasteiger partial charge in [-0.25, -0.2) is 19.0 Å². The van der Waals surface area contributed by atoms with Crippen LogP contribution >= 0.6 is 23.4 Å². The topological polar surface area (TPSA) is 72.7 Å². The van der Waals surface area contributed by atoms with E-state index in [2.05, 4.69) is 20.4 Å². The van der Waals surface area contributed by atoms with Crippen LogP contribution in [0.3, 0.4) is 0 Å². The zero-order chi connectivity index (χ0) is 16.9. The van der Waals surface area contributed by atoms with Gasteiger partial charge in [-0.3, -0.25) is 4.79 Å². The van der Waals surface area contributed by atoms with E-state index in [1.165, 1.54) is 30.2 Å². The molecule has 0 bridgehead atoms. The SMILES string of the molecule is O=C(CSc1cc(-n2cccn2)ncn1)Nc1cccc(Cl)c1F. The number of carbonyl (C=O) groups excluding carboxylic acids is 1. The maximum absolute atomic E-state index is 13.8. The fourth-order valence-corrected chi connectivity index (χ4v) is 2.70. The molecule has 2 heterocycles. The van der Waals surface area contributed by atoms with Crippen LogP contribution in [0.4, 0.5) is 10.1 Å². The molecular formula is C15H11ClFN5OS. The van der Waals surface area contributed by atoms with E-state index < -0.39 is 5.82 Å². The molecule has 3 aromatic rings. The molecule has 3 rings (SSSR count). The quantitative estimate of drug-likeness (QED) is 0.556. The number of nitrogens with zero attached hydrogens (tertiary/aromatic N) is 4. The Morgan fingerprint density at radius 2 is 2.21 bits per heavy atom. The molecule has 2 aromatic heterocycles. The third kappa shape index (κ3) is 3.90. The van der Waals surface area contributed by atoms with Gasteiger partial charge in [-0.1, -0.05) is 29.4 Å². The first-order valence-corrected chi connectivity index (χ1v) is 8.18. The summed E-state index contributed by atoms with van der Waals surface area (Å²) in [5.74, 6) is -0.346. The molecule has 1 N–H and O–H groups in total. The molecule has 0 atom stereocenters. The Kier molecular flexibility index (Phi) is 5.07. The zero-order valence-corrected chi connectivity index (χ0v) is 13.8. The number of carbonyl (C=O) groups is 1. The molecule has 0 aliphatic carbocycles. The minimum atomic E-state index is -0.652. The largest absolute Gasteiger partial charge is 0.323 e. The maximum atomic E-state index is 13.8. The summed E-state index contributed by atoms with van der Waals surface area (Å²) in [6, 6.07) is 7.92. The van der Waals surface area contributed by atoms with E-state index in [1.807, 2.05) is 0 Å². The van der Waals surface area contributed by atoms with Crippen LogP contribution in [-0.2, 0) is 4.79 Å². The van der Waals surface area contributed by atoms with Crippen LogP contribution in [0.15, 0.2) is 54.1 Å². The first-order valence-electron chi connectivity index (χ1n) is 6.82. The van der Waals surface area contributed by atoms with Gasteiger partial charge in [0.05, 0.1) is 16.5 Å². The van der Waals surface area contributed by atoms with Gasteiger partial charge >= 0.3 is 0 Å². The Labute approximate surface area is 146 Å². The van der Waals surface area contributed by atoms with Gasteiger partial charge in [-0.05, 0) is 18.2 Å². The standard InChI is InChI=1S/C15H11ClFN5OS/c16-10-3-1-4-11(15(10)17)21-13(23)8-24-14-7-12(18-9-19-14)22-6-2-5-20-22/h1-7,9H,8H2,(H,21,23). The van der Waals surface area contributed by atoms with Crippen molar-refractivity contribution in [3.05, 3.63) is 59.9 Å². The number of hydrogen-bond donors (Lipinski definition) is 1. The molecule has 1 amide bonds. The Balaban J connectivity index is 1.62. The molecule has 0 radical (unpaired) electrons. The summed E-state index contributed by atoms with van der Waals surface area (Å²) in [5, 5.41) is 7.13. The van der Waals surface area contributed by atoms with Crippen LogP contribution in [0.2, 0.25) is 5.02 Å². The van der Waals surface area contributed by atoms with E-state index >= 15 is 0 Å². The molecule has 9 heteroatoms. The van der Waals surface area contributed by atoms with E-state index in [-0.39, 0.29) is 22.4 Å². The predicted octanol–water partition coefficient (Wildman–Crippen LogP) is 3.19. The molecule has 0 spiro atoms. The first kappa shape index (κ1) is 16.4. The second kappa shape index (κ2) is 7.41. The lowest BCUT2D eigenvalue weighted by molar-refractivity contribution is -0.113. The van der Waals surface area contributed by atoms with Crippen LogP contribution in [0.5, 0.6) is 0 Å². The molecule has 0 aliphatic rings. The Morgan fingerprint density at radius 1 is 1.33 bits per heavy atom. The number of benzene rings is 1. The van der Waals surface area contributed by atoms with Crippen molar-refractivity contribution in [3.63, 3.8) is 0 Å². The van der Waals surface area contributed by atoms with Crippen LogP contribution in [0, 0.1) is 5.82 Å². The molecule has 6 nitrogen and oxygen atoms in total. The predicted molar refractivity (Wildman–Crippen MR) is 89.9 cm³/mol. The summed E-state index contributed by atoms with van der Waals surface area (Å²) >= 11 is 6.89. The summed E-state index contributed by atoms with van der Waals surface area (Å²) < 4.78 is 15.3. The summed E-state index contributed by atoms with van der Waals surface area (Å²) in [4.78, 5) is 20.2. The summed E-state index contributed by atoms with van der Waals surface area (Å²) in [7, 11) is 0. The molecule has 24 heavy (non-hydrogen) atoms. The number of nitrogens with one attached hydrogen (secondary N) is 1. The number of thioether (sulfide) groups is 1. The Morgan fingerprint density at radius 3 is 3.00 bits per heavy atom. The van der Waals surface area contributed by atoms with E-state index in [0.717, 1.165) is 0 Å². The third-order valence-electron chi connectivity index (χ3n) is 2.94. The second-order valence-corrected chi connectivity index (χ2v) is 6.01. The van der Waals surface area contributed by atoms with Gasteiger partial charge in [0.1, 0.15) is 11.4 Å². The van der Waals surface area contributed by atoms with Gasteiger partial charge in [-0.2, -0.15) is 5.10 Å².